The third-order valence-corrected chi connectivity index (χ3v) is 3.02. The van der Waals surface area contributed by atoms with Gasteiger partial charge in [-0.3, -0.25) is 0 Å². The van der Waals surface area contributed by atoms with Gasteiger partial charge in [-0.15, -0.1) is 0 Å². The molecule has 4 heteroatoms. The predicted octanol–water partition coefficient (Wildman–Crippen LogP) is 3.19. The van der Waals surface area contributed by atoms with Crippen LogP contribution >= 0.6 is 0 Å². The first-order chi connectivity index (χ1) is 9.76. The first-order valence-corrected chi connectivity index (χ1v) is 6.72. The van der Waals surface area contributed by atoms with E-state index in [0.717, 1.165) is 23.3 Å². The van der Waals surface area contributed by atoms with E-state index in [2.05, 4.69) is 11.9 Å². The van der Waals surface area contributed by atoms with Gasteiger partial charge in [0, 0.05) is 23.9 Å². The predicted molar refractivity (Wildman–Crippen MR) is 79.7 cm³/mol. The van der Waals surface area contributed by atoms with E-state index >= 15 is 0 Å². The Balaban J connectivity index is 2.38. The lowest BCUT2D eigenvalue weighted by molar-refractivity contribution is 0.0786. The fourth-order valence-electron chi connectivity index (χ4n) is 2.06. The van der Waals surface area contributed by atoms with Crippen molar-refractivity contribution >= 4 is 5.82 Å². The molecule has 2 aromatic rings. The van der Waals surface area contributed by atoms with Gasteiger partial charge in [0.05, 0.1) is 7.11 Å². The van der Waals surface area contributed by atoms with Crippen molar-refractivity contribution in [3.63, 3.8) is 0 Å². The van der Waals surface area contributed by atoms with Crippen LogP contribution in [0.15, 0.2) is 42.6 Å². The second-order valence-corrected chi connectivity index (χ2v) is 4.51. The molecule has 0 spiro atoms. The van der Waals surface area contributed by atoms with Crippen LogP contribution in [0.1, 0.15) is 30.6 Å². The fraction of sp³-hybridized carbons (Fsp3) is 0.312. The van der Waals surface area contributed by atoms with E-state index in [1.807, 2.05) is 30.3 Å². The first kappa shape index (κ1) is 14.3. The number of para-hydroxylation sites is 1. The summed E-state index contributed by atoms with van der Waals surface area (Å²) in [6.07, 6.45) is 2.51. The van der Waals surface area contributed by atoms with E-state index in [4.69, 9.17) is 15.2 Å². The molecule has 0 bridgehead atoms. The number of hydrogen-bond acceptors (Lipinski definition) is 4. The van der Waals surface area contributed by atoms with Gasteiger partial charge in [-0.25, -0.2) is 4.98 Å². The SMILES string of the molecule is CCCOC(c1ccc(N)nc1)c1ccccc1OC. The normalized spacial score (nSPS) is 12.1. The van der Waals surface area contributed by atoms with Crippen molar-refractivity contribution in [2.75, 3.05) is 19.5 Å². The minimum Gasteiger partial charge on any atom is -0.496 e. The van der Waals surface area contributed by atoms with Crippen molar-refractivity contribution in [1.29, 1.82) is 0 Å². The molecule has 2 rings (SSSR count). The Kier molecular flexibility index (Phi) is 4.96. The third kappa shape index (κ3) is 3.27. The number of nitrogens with two attached hydrogens (primary N) is 1. The van der Waals surface area contributed by atoms with E-state index in [0.29, 0.717) is 12.4 Å². The minimum absolute atomic E-state index is 0.195. The summed E-state index contributed by atoms with van der Waals surface area (Å²) in [5, 5.41) is 0. The van der Waals surface area contributed by atoms with Gasteiger partial charge < -0.3 is 15.2 Å². The summed E-state index contributed by atoms with van der Waals surface area (Å²) >= 11 is 0. The molecule has 1 aromatic carbocycles. The largest absolute Gasteiger partial charge is 0.496 e. The van der Waals surface area contributed by atoms with Gasteiger partial charge in [-0.05, 0) is 18.6 Å². The number of rotatable bonds is 6. The molecule has 106 valence electrons. The maximum atomic E-state index is 5.98. The molecule has 0 saturated carbocycles. The number of nitrogens with zero attached hydrogens (tertiary/aromatic N) is 1. The molecule has 2 N–H and O–H groups in total. The maximum absolute atomic E-state index is 5.98. The van der Waals surface area contributed by atoms with E-state index in [-0.39, 0.29) is 6.10 Å². The molecule has 1 unspecified atom stereocenters. The van der Waals surface area contributed by atoms with Gasteiger partial charge in [0.1, 0.15) is 17.7 Å². The van der Waals surface area contributed by atoms with Crippen molar-refractivity contribution in [2.24, 2.45) is 0 Å². The lowest BCUT2D eigenvalue weighted by atomic mass is 10.0. The summed E-state index contributed by atoms with van der Waals surface area (Å²) in [7, 11) is 1.66. The van der Waals surface area contributed by atoms with Gasteiger partial charge in [0.2, 0.25) is 0 Å². The smallest absolute Gasteiger partial charge is 0.125 e. The highest BCUT2D eigenvalue weighted by atomic mass is 16.5. The fourth-order valence-corrected chi connectivity index (χ4v) is 2.06. The molecule has 1 aromatic heterocycles. The van der Waals surface area contributed by atoms with E-state index in [1.165, 1.54) is 0 Å². The number of ether oxygens (including phenoxy) is 2. The number of aromatic nitrogens is 1. The van der Waals surface area contributed by atoms with Crippen LogP contribution in [0.3, 0.4) is 0 Å². The quantitative estimate of drug-likeness (QED) is 0.877. The summed E-state index contributed by atoms with van der Waals surface area (Å²) in [5.41, 5.74) is 7.61. The van der Waals surface area contributed by atoms with Crippen molar-refractivity contribution in [3.8, 4) is 5.75 Å². The molecular formula is C16H20N2O2. The number of anilines is 1. The van der Waals surface area contributed by atoms with Crippen LogP contribution in [0.4, 0.5) is 5.82 Å². The maximum Gasteiger partial charge on any atom is 0.125 e. The van der Waals surface area contributed by atoms with Crippen LogP contribution < -0.4 is 10.5 Å². The Bertz CT molecular complexity index is 540. The molecule has 20 heavy (non-hydrogen) atoms. The average Bonchev–Trinajstić information content (AvgIpc) is 2.50. The van der Waals surface area contributed by atoms with Crippen LogP contribution in [0, 0.1) is 0 Å². The van der Waals surface area contributed by atoms with Gasteiger partial charge in [-0.2, -0.15) is 0 Å². The number of pyridine rings is 1. The first-order valence-electron chi connectivity index (χ1n) is 6.72. The molecule has 0 amide bonds. The van der Waals surface area contributed by atoms with Gasteiger partial charge >= 0.3 is 0 Å². The molecule has 0 saturated heterocycles. The Labute approximate surface area is 119 Å². The monoisotopic (exact) mass is 272 g/mol. The standard InChI is InChI=1S/C16H20N2O2/c1-3-10-20-16(12-8-9-15(17)18-11-12)13-6-4-5-7-14(13)19-2/h4-9,11,16H,3,10H2,1-2H3,(H2,17,18). The molecule has 0 aliphatic carbocycles. The molecule has 0 radical (unpaired) electrons. The highest BCUT2D eigenvalue weighted by molar-refractivity contribution is 5.41. The summed E-state index contributed by atoms with van der Waals surface area (Å²) in [6, 6.07) is 11.6. The molecular weight excluding hydrogens is 252 g/mol. The van der Waals surface area contributed by atoms with Crippen molar-refractivity contribution in [2.45, 2.75) is 19.4 Å². The molecule has 4 nitrogen and oxygen atoms in total. The summed E-state index contributed by atoms with van der Waals surface area (Å²) in [4.78, 5) is 4.15. The Morgan fingerprint density at radius 2 is 2.00 bits per heavy atom. The molecule has 0 aliphatic heterocycles. The second-order valence-electron chi connectivity index (χ2n) is 4.51. The van der Waals surface area contributed by atoms with E-state index in [9.17, 15) is 0 Å². The molecule has 1 atom stereocenters. The second kappa shape index (κ2) is 6.91. The summed E-state index contributed by atoms with van der Waals surface area (Å²) in [5.74, 6) is 1.31. The van der Waals surface area contributed by atoms with Crippen LogP contribution in [-0.4, -0.2) is 18.7 Å². The Morgan fingerprint density at radius 1 is 1.20 bits per heavy atom. The van der Waals surface area contributed by atoms with Crippen LogP contribution in [0.25, 0.3) is 0 Å². The number of methoxy groups -OCH3 is 1. The van der Waals surface area contributed by atoms with Crippen LogP contribution in [-0.2, 0) is 4.74 Å². The van der Waals surface area contributed by atoms with Gasteiger partial charge in [0.25, 0.3) is 0 Å². The van der Waals surface area contributed by atoms with E-state index in [1.54, 1.807) is 19.4 Å². The van der Waals surface area contributed by atoms with Gasteiger partial charge in [0.15, 0.2) is 0 Å². The lowest BCUT2D eigenvalue weighted by Crippen LogP contribution is -2.09. The van der Waals surface area contributed by atoms with Gasteiger partial charge in [-0.1, -0.05) is 31.2 Å². The Hall–Kier alpha value is -2.07. The van der Waals surface area contributed by atoms with Crippen LogP contribution in [0.5, 0.6) is 5.75 Å². The van der Waals surface area contributed by atoms with Crippen molar-refractivity contribution < 1.29 is 9.47 Å². The van der Waals surface area contributed by atoms with Crippen LogP contribution in [0.2, 0.25) is 0 Å². The highest BCUT2D eigenvalue weighted by Crippen LogP contribution is 2.32. The molecule has 0 fully saturated rings. The topological polar surface area (TPSA) is 57.4 Å². The summed E-state index contributed by atoms with van der Waals surface area (Å²) in [6.45, 7) is 2.76. The third-order valence-electron chi connectivity index (χ3n) is 3.02. The number of benzene rings is 1. The van der Waals surface area contributed by atoms with Crippen molar-refractivity contribution in [1.82, 2.24) is 4.98 Å². The number of nitrogen functional groups attached to an aromatic ring is 1. The summed E-state index contributed by atoms with van der Waals surface area (Å²) < 4.78 is 11.4. The zero-order valence-corrected chi connectivity index (χ0v) is 11.9. The molecule has 0 aliphatic rings. The minimum atomic E-state index is -0.195. The van der Waals surface area contributed by atoms with Crippen molar-refractivity contribution in [3.05, 3.63) is 53.7 Å². The Morgan fingerprint density at radius 3 is 2.65 bits per heavy atom. The van der Waals surface area contributed by atoms with E-state index < -0.39 is 0 Å². The average molecular weight is 272 g/mol. The zero-order chi connectivity index (χ0) is 14.4. The lowest BCUT2D eigenvalue weighted by Gasteiger charge is -2.20. The molecule has 1 heterocycles. The zero-order valence-electron chi connectivity index (χ0n) is 11.9. The highest BCUT2D eigenvalue weighted by Gasteiger charge is 2.18. The number of hydrogen-bond donors (Lipinski definition) is 1.